The van der Waals surface area contributed by atoms with Crippen LogP contribution in [0.25, 0.3) is 0 Å². The first kappa shape index (κ1) is 13.1. The lowest BCUT2D eigenvalue weighted by atomic mass is 10.0. The molecule has 2 aromatic carbocycles. The predicted molar refractivity (Wildman–Crippen MR) is 89.1 cm³/mol. The predicted octanol–water partition coefficient (Wildman–Crippen LogP) is 3.13. The first-order chi connectivity index (χ1) is 10.8. The summed E-state index contributed by atoms with van der Waals surface area (Å²) in [4.78, 5) is 6.83. The number of nitrogens with zero attached hydrogens (tertiary/aromatic N) is 3. The molecule has 0 amide bonds. The first-order valence-electron chi connectivity index (χ1n) is 7.63. The topological polar surface area (TPSA) is 41.7 Å². The van der Waals surface area contributed by atoms with Gasteiger partial charge in [0.05, 0.1) is 6.42 Å². The fourth-order valence-corrected chi connectivity index (χ4v) is 3.13. The number of para-hydroxylation sites is 2. The third-order valence-electron chi connectivity index (χ3n) is 4.17. The van der Waals surface area contributed by atoms with E-state index >= 15 is 0 Å². The number of fused-ring (bicyclic) bond motifs is 3. The smallest absolute Gasteiger partial charge is 0.240 e. The summed E-state index contributed by atoms with van der Waals surface area (Å²) in [6.07, 6.45) is 1.63. The van der Waals surface area contributed by atoms with Gasteiger partial charge in [-0.05, 0) is 18.1 Å². The average molecular weight is 291 g/mol. The highest BCUT2D eigenvalue weighted by molar-refractivity contribution is 6.46. The van der Waals surface area contributed by atoms with Gasteiger partial charge in [-0.3, -0.25) is 4.99 Å². The van der Waals surface area contributed by atoms with Crippen molar-refractivity contribution in [2.24, 2.45) is 4.99 Å². The van der Waals surface area contributed by atoms with Crippen LogP contribution in [0.15, 0.2) is 59.6 Å². The van der Waals surface area contributed by atoms with Crippen LogP contribution in [0.3, 0.4) is 0 Å². The second kappa shape index (κ2) is 5.30. The summed E-state index contributed by atoms with van der Waals surface area (Å²) < 4.78 is 1.06. The maximum Gasteiger partial charge on any atom is 0.240 e. The van der Waals surface area contributed by atoms with Crippen molar-refractivity contribution in [3.05, 3.63) is 65.4 Å². The zero-order valence-electron chi connectivity index (χ0n) is 12.3. The van der Waals surface area contributed by atoms with Crippen molar-refractivity contribution in [1.29, 1.82) is 0 Å². The molecule has 0 bridgehead atoms. The molecular weight excluding hydrogens is 274 g/mol. The van der Waals surface area contributed by atoms with E-state index in [1.165, 1.54) is 0 Å². The maximum absolute atomic E-state index is 12.8. The third-order valence-corrected chi connectivity index (χ3v) is 4.17. The Hall–Kier alpha value is -2.62. The van der Waals surface area contributed by atoms with Crippen LogP contribution in [0.1, 0.15) is 12.0 Å². The van der Waals surface area contributed by atoms with Crippen molar-refractivity contribution in [3.8, 4) is 0 Å². The molecule has 22 heavy (non-hydrogen) atoms. The number of rotatable bonds is 2. The van der Waals surface area contributed by atoms with Crippen LogP contribution in [0.2, 0.25) is 0 Å². The van der Waals surface area contributed by atoms with E-state index in [2.05, 4.69) is 22.0 Å². The molecule has 2 aromatic rings. The molecule has 0 unspecified atom stereocenters. The van der Waals surface area contributed by atoms with Gasteiger partial charge in [0.25, 0.3) is 0 Å². The zero-order valence-corrected chi connectivity index (χ0v) is 12.3. The fourth-order valence-electron chi connectivity index (χ4n) is 3.13. The molecular formula is C18H17N3O. The van der Waals surface area contributed by atoms with E-state index in [-0.39, 0.29) is 0 Å². The highest BCUT2D eigenvalue weighted by Gasteiger charge is 2.35. The molecule has 0 fully saturated rings. The molecule has 110 valence electrons. The Morgan fingerprint density at radius 1 is 1.05 bits per heavy atom. The lowest BCUT2D eigenvalue weighted by Crippen LogP contribution is -2.46. The molecule has 0 aliphatic carbocycles. The van der Waals surface area contributed by atoms with E-state index < -0.39 is 0 Å². The Labute approximate surface area is 129 Å². The van der Waals surface area contributed by atoms with E-state index in [0.717, 1.165) is 47.0 Å². The lowest BCUT2D eigenvalue weighted by Gasteiger charge is -2.33. The van der Waals surface area contributed by atoms with Crippen molar-refractivity contribution in [3.63, 3.8) is 0 Å². The minimum Gasteiger partial charge on any atom is -0.618 e. The molecule has 2 aliphatic heterocycles. The van der Waals surface area contributed by atoms with Crippen molar-refractivity contribution in [1.82, 2.24) is 0 Å². The standard InChI is InChI=1S/C18H17N3O/c22-21-16-10-5-4-9-15(16)20-12-6-11-19-18(20)17(21)13-14-7-2-1-3-8-14/h1-5,7-10H,6,11-13H2. The number of hydrogen-bond donors (Lipinski definition) is 0. The minimum absolute atomic E-state index is 0.605. The molecule has 0 saturated heterocycles. The normalized spacial score (nSPS) is 16.9. The van der Waals surface area contributed by atoms with E-state index in [0.29, 0.717) is 12.1 Å². The second-order valence-electron chi connectivity index (χ2n) is 5.60. The molecule has 0 radical (unpaired) electrons. The number of benzene rings is 2. The van der Waals surface area contributed by atoms with Gasteiger partial charge in [0, 0.05) is 19.2 Å². The largest absolute Gasteiger partial charge is 0.618 e. The van der Waals surface area contributed by atoms with Crippen molar-refractivity contribution in [2.75, 3.05) is 18.0 Å². The molecule has 4 rings (SSSR count). The van der Waals surface area contributed by atoms with Gasteiger partial charge in [-0.1, -0.05) is 42.5 Å². The Kier molecular flexibility index (Phi) is 3.15. The molecule has 0 aromatic heterocycles. The summed E-state index contributed by atoms with van der Waals surface area (Å²) in [5, 5.41) is 12.8. The van der Waals surface area contributed by atoms with Crippen molar-refractivity contribution < 1.29 is 4.74 Å². The van der Waals surface area contributed by atoms with Crippen LogP contribution in [-0.2, 0) is 6.42 Å². The van der Waals surface area contributed by atoms with Crippen molar-refractivity contribution >= 4 is 22.9 Å². The molecule has 4 nitrogen and oxygen atoms in total. The van der Waals surface area contributed by atoms with Gasteiger partial charge in [0.2, 0.25) is 11.4 Å². The van der Waals surface area contributed by atoms with Crippen molar-refractivity contribution in [2.45, 2.75) is 12.8 Å². The Morgan fingerprint density at radius 2 is 1.82 bits per heavy atom. The molecule has 2 aliphatic rings. The molecule has 0 atom stereocenters. The molecule has 0 saturated carbocycles. The van der Waals surface area contributed by atoms with Crippen LogP contribution >= 0.6 is 0 Å². The Balaban J connectivity index is 1.85. The highest BCUT2D eigenvalue weighted by Crippen LogP contribution is 2.33. The summed E-state index contributed by atoms with van der Waals surface area (Å²) in [6.45, 7) is 1.71. The SMILES string of the molecule is [O-][N+]1=C(Cc2ccccc2)C2=NCCCN2c2ccccc21. The summed E-state index contributed by atoms with van der Waals surface area (Å²) in [6, 6.07) is 17.9. The van der Waals surface area contributed by atoms with Gasteiger partial charge in [0.15, 0.2) is 5.84 Å². The highest BCUT2D eigenvalue weighted by atomic mass is 16.5. The van der Waals surface area contributed by atoms with E-state index in [4.69, 9.17) is 0 Å². The van der Waals surface area contributed by atoms with Gasteiger partial charge in [-0.15, -0.1) is 0 Å². The number of hydrogen-bond acceptors (Lipinski definition) is 3. The average Bonchev–Trinajstić information content (AvgIpc) is 2.59. The van der Waals surface area contributed by atoms with E-state index in [9.17, 15) is 5.21 Å². The van der Waals surface area contributed by atoms with Gasteiger partial charge in [0.1, 0.15) is 5.69 Å². The summed E-state index contributed by atoms with van der Waals surface area (Å²) in [5.41, 5.74) is 3.55. The fraction of sp³-hybridized carbons (Fsp3) is 0.222. The van der Waals surface area contributed by atoms with Crippen LogP contribution in [0.5, 0.6) is 0 Å². The third kappa shape index (κ3) is 2.08. The van der Waals surface area contributed by atoms with Gasteiger partial charge < -0.3 is 10.1 Å². The van der Waals surface area contributed by atoms with Gasteiger partial charge >= 0.3 is 0 Å². The molecule has 2 heterocycles. The first-order valence-corrected chi connectivity index (χ1v) is 7.63. The second-order valence-corrected chi connectivity index (χ2v) is 5.60. The summed E-state index contributed by atoms with van der Waals surface area (Å²) in [5.74, 6) is 0.837. The number of anilines is 1. The van der Waals surface area contributed by atoms with E-state index in [1.54, 1.807) is 0 Å². The van der Waals surface area contributed by atoms with Crippen LogP contribution in [0.4, 0.5) is 11.4 Å². The van der Waals surface area contributed by atoms with Crippen LogP contribution < -0.4 is 4.90 Å². The summed E-state index contributed by atoms with van der Waals surface area (Å²) in [7, 11) is 0. The molecule has 0 spiro atoms. The van der Waals surface area contributed by atoms with Gasteiger partial charge in [-0.25, -0.2) is 0 Å². The maximum atomic E-state index is 12.8. The number of amidine groups is 1. The lowest BCUT2D eigenvalue weighted by molar-refractivity contribution is -0.360. The summed E-state index contributed by atoms with van der Waals surface area (Å²) >= 11 is 0. The molecule has 0 N–H and O–H groups in total. The quantitative estimate of drug-likeness (QED) is 0.630. The number of aliphatic imine (C=N–C) groups is 1. The Bertz CT molecular complexity index is 765. The Morgan fingerprint density at radius 3 is 2.68 bits per heavy atom. The van der Waals surface area contributed by atoms with Gasteiger partial charge in [-0.2, -0.15) is 4.74 Å². The monoisotopic (exact) mass is 291 g/mol. The minimum atomic E-state index is 0.605. The molecule has 4 heteroatoms. The van der Waals surface area contributed by atoms with Crippen LogP contribution in [0, 0.1) is 5.21 Å². The van der Waals surface area contributed by atoms with Crippen LogP contribution in [-0.4, -0.2) is 29.4 Å². The van der Waals surface area contributed by atoms with E-state index in [1.807, 2.05) is 42.5 Å². The zero-order chi connectivity index (χ0) is 14.9.